The molecule has 0 atom stereocenters. The van der Waals surface area contributed by atoms with E-state index in [2.05, 4.69) is 9.84 Å². The molecule has 0 amide bonds. The maximum absolute atomic E-state index is 11.4. The average Bonchev–Trinajstić information content (AvgIpc) is 2.80. The van der Waals surface area contributed by atoms with E-state index >= 15 is 0 Å². The highest BCUT2D eigenvalue weighted by atomic mass is 16.5. The minimum Gasteiger partial charge on any atom is -0.507 e. The van der Waals surface area contributed by atoms with Gasteiger partial charge in [-0.15, -0.1) is 0 Å². The van der Waals surface area contributed by atoms with Gasteiger partial charge in [0.05, 0.1) is 19.0 Å². The molecule has 0 saturated carbocycles. The second kappa shape index (κ2) is 4.92. The molecule has 0 aliphatic carbocycles. The zero-order chi connectivity index (χ0) is 14.9. The van der Waals surface area contributed by atoms with E-state index in [1.807, 2.05) is 0 Å². The first-order valence-corrected chi connectivity index (χ1v) is 5.44. The third-order valence-electron chi connectivity index (χ3n) is 2.67. The Kier molecular flexibility index (Phi) is 3.30. The van der Waals surface area contributed by atoms with Gasteiger partial charge < -0.3 is 20.7 Å². The summed E-state index contributed by atoms with van der Waals surface area (Å²) in [5.74, 6) is -2.30. The quantitative estimate of drug-likeness (QED) is 0.702. The molecule has 2 rings (SSSR count). The van der Waals surface area contributed by atoms with E-state index < -0.39 is 11.9 Å². The van der Waals surface area contributed by atoms with Gasteiger partial charge in [0.15, 0.2) is 0 Å². The molecular weight excluding hydrogens is 266 g/mol. The molecule has 0 radical (unpaired) electrons. The highest BCUT2D eigenvalue weighted by Crippen LogP contribution is 2.23. The number of nitrogens with two attached hydrogens (primary N) is 1. The van der Waals surface area contributed by atoms with E-state index in [9.17, 15) is 14.7 Å². The van der Waals surface area contributed by atoms with Crippen LogP contribution in [0.15, 0.2) is 24.4 Å². The Morgan fingerprint density at radius 1 is 1.35 bits per heavy atom. The summed E-state index contributed by atoms with van der Waals surface area (Å²) in [5, 5.41) is 22.3. The predicted octanol–water partition coefficient (Wildman–Crippen LogP) is 0.645. The predicted molar refractivity (Wildman–Crippen MR) is 67.9 cm³/mol. The molecule has 8 heteroatoms. The van der Waals surface area contributed by atoms with Crippen LogP contribution in [0.3, 0.4) is 0 Å². The standard InChI is InChI=1S/C12H11N3O5/c1-20-12(19)8-5-14-15(10(8)13)6-2-3-9(16)7(4-6)11(17)18/h2-5,16H,13H2,1H3,(H,17,18). The van der Waals surface area contributed by atoms with Crippen molar-refractivity contribution in [3.05, 3.63) is 35.5 Å². The fraction of sp³-hybridized carbons (Fsp3) is 0.0833. The molecule has 0 bridgehead atoms. The number of aromatic carboxylic acids is 1. The fourth-order valence-corrected chi connectivity index (χ4v) is 1.66. The number of anilines is 1. The number of esters is 1. The van der Waals surface area contributed by atoms with Crippen LogP contribution in [0.25, 0.3) is 5.69 Å². The minimum absolute atomic E-state index is 0.0129. The van der Waals surface area contributed by atoms with Gasteiger partial charge in [0.25, 0.3) is 0 Å². The number of nitrogens with zero attached hydrogens (tertiary/aromatic N) is 2. The van der Waals surface area contributed by atoms with Gasteiger partial charge in [0.2, 0.25) is 0 Å². The lowest BCUT2D eigenvalue weighted by Gasteiger charge is -2.07. The number of carbonyl (C=O) groups excluding carboxylic acids is 1. The van der Waals surface area contributed by atoms with Crippen LogP contribution in [0.4, 0.5) is 5.82 Å². The molecule has 0 aliphatic rings. The number of rotatable bonds is 3. The molecular formula is C12H11N3O5. The Balaban J connectivity index is 2.53. The van der Waals surface area contributed by atoms with Crippen LogP contribution in [0.5, 0.6) is 5.75 Å². The van der Waals surface area contributed by atoms with Crippen LogP contribution < -0.4 is 5.73 Å². The average molecular weight is 277 g/mol. The zero-order valence-corrected chi connectivity index (χ0v) is 10.4. The molecule has 4 N–H and O–H groups in total. The highest BCUT2D eigenvalue weighted by Gasteiger charge is 2.18. The lowest BCUT2D eigenvalue weighted by molar-refractivity contribution is 0.0601. The Labute approximate surface area is 113 Å². The number of carboxylic acids is 1. The van der Waals surface area contributed by atoms with Gasteiger partial charge in [-0.25, -0.2) is 14.3 Å². The van der Waals surface area contributed by atoms with Crippen molar-refractivity contribution < 1.29 is 24.5 Å². The van der Waals surface area contributed by atoms with Crippen molar-refractivity contribution in [2.45, 2.75) is 0 Å². The molecule has 2 aromatic rings. The topological polar surface area (TPSA) is 128 Å². The van der Waals surface area contributed by atoms with Crippen LogP contribution in [-0.2, 0) is 4.74 Å². The molecule has 0 aliphatic heterocycles. The first-order valence-electron chi connectivity index (χ1n) is 5.44. The smallest absolute Gasteiger partial charge is 0.343 e. The minimum atomic E-state index is -1.29. The highest BCUT2D eigenvalue weighted by molar-refractivity contribution is 5.94. The number of aromatic nitrogens is 2. The molecule has 1 aromatic heterocycles. The van der Waals surface area contributed by atoms with Gasteiger partial charge >= 0.3 is 11.9 Å². The van der Waals surface area contributed by atoms with Crippen molar-refractivity contribution in [3.8, 4) is 11.4 Å². The lowest BCUT2D eigenvalue weighted by atomic mass is 10.2. The van der Waals surface area contributed by atoms with E-state index in [1.165, 1.54) is 36.2 Å². The molecule has 0 saturated heterocycles. The van der Waals surface area contributed by atoms with Crippen molar-refractivity contribution in [1.82, 2.24) is 9.78 Å². The van der Waals surface area contributed by atoms with Gasteiger partial charge in [-0.2, -0.15) is 5.10 Å². The monoisotopic (exact) mass is 277 g/mol. The first-order chi connectivity index (χ1) is 9.45. The number of carboxylic acid groups (broad SMARTS) is 1. The number of hydrogen-bond acceptors (Lipinski definition) is 6. The van der Waals surface area contributed by atoms with E-state index in [0.29, 0.717) is 5.69 Å². The number of nitrogen functional groups attached to an aromatic ring is 1. The zero-order valence-electron chi connectivity index (χ0n) is 10.4. The summed E-state index contributed by atoms with van der Waals surface area (Å²) in [5.41, 5.74) is 5.84. The lowest BCUT2D eigenvalue weighted by Crippen LogP contribution is -2.08. The molecule has 0 unspecified atom stereocenters. The number of ether oxygens (including phenoxy) is 1. The number of phenols is 1. The number of methoxy groups -OCH3 is 1. The Bertz CT molecular complexity index is 692. The molecule has 1 heterocycles. The van der Waals surface area contributed by atoms with Crippen molar-refractivity contribution in [1.29, 1.82) is 0 Å². The maximum atomic E-state index is 11.4. The molecule has 0 fully saturated rings. The Hall–Kier alpha value is -3.03. The van der Waals surface area contributed by atoms with Gasteiger partial charge in [-0.05, 0) is 18.2 Å². The van der Waals surface area contributed by atoms with Gasteiger partial charge in [-0.3, -0.25) is 0 Å². The SMILES string of the molecule is COC(=O)c1cnn(-c2ccc(O)c(C(=O)O)c2)c1N. The maximum Gasteiger partial charge on any atom is 0.343 e. The summed E-state index contributed by atoms with van der Waals surface area (Å²) in [6, 6.07) is 3.83. The molecule has 20 heavy (non-hydrogen) atoms. The van der Waals surface area contributed by atoms with Gasteiger partial charge in [-0.1, -0.05) is 0 Å². The number of aromatic hydroxyl groups is 1. The van der Waals surface area contributed by atoms with E-state index in [-0.39, 0.29) is 22.7 Å². The molecule has 0 spiro atoms. The van der Waals surface area contributed by atoms with Crippen molar-refractivity contribution >= 4 is 17.8 Å². The third kappa shape index (κ3) is 2.14. The summed E-state index contributed by atoms with van der Waals surface area (Å²) in [6.07, 6.45) is 1.22. The second-order valence-electron chi connectivity index (χ2n) is 3.85. The largest absolute Gasteiger partial charge is 0.507 e. The Morgan fingerprint density at radius 3 is 2.65 bits per heavy atom. The number of carbonyl (C=O) groups is 2. The fourth-order valence-electron chi connectivity index (χ4n) is 1.66. The molecule has 8 nitrogen and oxygen atoms in total. The van der Waals surface area contributed by atoms with Crippen molar-refractivity contribution in [2.24, 2.45) is 0 Å². The summed E-state index contributed by atoms with van der Waals surface area (Å²) < 4.78 is 5.72. The van der Waals surface area contributed by atoms with E-state index in [4.69, 9.17) is 10.8 Å². The third-order valence-corrected chi connectivity index (χ3v) is 2.67. The summed E-state index contributed by atoms with van der Waals surface area (Å²) in [6.45, 7) is 0. The number of hydrogen-bond donors (Lipinski definition) is 3. The second-order valence-corrected chi connectivity index (χ2v) is 3.85. The summed E-state index contributed by atoms with van der Waals surface area (Å²) >= 11 is 0. The van der Waals surface area contributed by atoms with E-state index in [1.54, 1.807) is 0 Å². The Morgan fingerprint density at radius 2 is 2.05 bits per heavy atom. The van der Waals surface area contributed by atoms with Crippen LogP contribution in [-0.4, -0.2) is 39.0 Å². The van der Waals surface area contributed by atoms with Crippen LogP contribution in [0.1, 0.15) is 20.7 Å². The van der Waals surface area contributed by atoms with Crippen LogP contribution in [0.2, 0.25) is 0 Å². The number of benzene rings is 1. The van der Waals surface area contributed by atoms with Crippen LogP contribution >= 0.6 is 0 Å². The van der Waals surface area contributed by atoms with Gasteiger partial charge in [0.1, 0.15) is 22.7 Å². The van der Waals surface area contributed by atoms with E-state index in [0.717, 1.165) is 0 Å². The molecule has 1 aromatic carbocycles. The summed E-state index contributed by atoms with van der Waals surface area (Å²) in [4.78, 5) is 22.4. The van der Waals surface area contributed by atoms with Crippen molar-refractivity contribution in [2.75, 3.05) is 12.8 Å². The van der Waals surface area contributed by atoms with Gasteiger partial charge in [0, 0.05) is 0 Å². The van der Waals surface area contributed by atoms with Crippen LogP contribution in [0, 0.1) is 0 Å². The normalized spacial score (nSPS) is 10.2. The summed E-state index contributed by atoms with van der Waals surface area (Å²) in [7, 11) is 1.21. The van der Waals surface area contributed by atoms with Crippen molar-refractivity contribution in [3.63, 3.8) is 0 Å². The first kappa shape index (κ1) is 13.4. The molecule has 104 valence electrons.